The van der Waals surface area contributed by atoms with E-state index in [1.54, 1.807) is 0 Å². The van der Waals surface area contributed by atoms with Crippen LogP contribution in [0.2, 0.25) is 0 Å². The molecule has 96 valence electrons. The lowest BCUT2D eigenvalue weighted by Crippen LogP contribution is -2.41. The Hall–Kier alpha value is -0.0900. The van der Waals surface area contributed by atoms with Gasteiger partial charge in [0.05, 0.1) is 5.75 Å². The molecule has 4 heteroatoms. The van der Waals surface area contributed by atoms with Crippen LogP contribution in [0.15, 0.2) is 0 Å². The summed E-state index contributed by atoms with van der Waals surface area (Å²) < 4.78 is 23.7. The zero-order valence-electron chi connectivity index (χ0n) is 10.5. The molecule has 1 aliphatic rings. The van der Waals surface area contributed by atoms with Crippen molar-refractivity contribution in [2.45, 2.75) is 52.0 Å². The fourth-order valence-corrected chi connectivity index (χ4v) is 4.38. The van der Waals surface area contributed by atoms with Crippen molar-refractivity contribution >= 4 is 9.84 Å². The third kappa shape index (κ3) is 4.42. The van der Waals surface area contributed by atoms with Gasteiger partial charge in [0.15, 0.2) is 9.84 Å². The summed E-state index contributed by atoms with van der Waals surface area (Å²) in [6.07, 6.45) is 5.64. The molecule has 16 heavy (non-hydrogen) atoms. The van der Waals surface area contributed by atoms with E-state index in [0.29, 0.717) is 17.4 Å². The van der Waals surface area contributed by atoms with Gasteiger partial charge >= 0.3 is 0 Å². The summed E-state index contributed by atoms with van der Waals surface area (Å²) in [5.74, 6) is 1.24. The van der Waals surface area contributed by atoms with E-state index in [0.717, 1.165) is 13.0 Å². The molecule has 1 fully saturated rings. The number of nitrogens with one attached hydrogen (secondary N) is 1. The summed E-state index contributed by atoms with van der Waals surface area (Å²) in [5, 5.41) is 3.36. The van der Waals surface area contributed by atoms with Crippen molar-refractivity contribution in [3.8, 4) is 0 Å². The van der Waals surface area contributed by atoms with Gasteiger partial charge in [-0.25, -0.2) is 8.42 Å². The minimum atomic E-state index is -2.85. The molecule has 0 saturated heterocycles. The second-order valence-corrected chi connectivity index (χ2v) is 7.05. The zero-order valence-corrected chi connectivity index (χ0v) is 11.4. The Morgan fingerprint density at radius 2 is 1.88 bits per heavy atom. The molecule has 1 unspecified atom stereocenters. The molecule has 0 spiro atoms. The predicted octanol–water partition coefficient (Wildman–Crippen LogP) is 1.98. The molecule has 1 rings (SSSR count). The fourth-order valence-electron chi connectivity index (χ4n) is 2.65. The van der Waals surface area contributed by atoms with Crippen molar-refractivity contribution in [3.63, 3.8) is 0 Å². The molecule has 1 atom stereocenters. The van der Waals surface area contributed by atoms with Crippen molar-refractivity contribution in [3.05, 3.63) is 0 Å². The van der Waals surface area contributed by atoms with E-state index in [4.69, 9.17) is 0 Å². The minimum Gasteiger partial charge on any atom is -0.313 e. The molecule has 0 aliphatic heterocycles. The third-order valence-electron chi connectivity index (χ3n) is 3.38. The Morgan fingerprint density at radius 1 is 1.25 bits per heavy atom. The van der Waals surface area contributed by atoms with Crippen LogP contribution in [-0.2, 0) is 9.84 Å². The molecular weight excluding hydrogens is 222 g/mol. The molecule has 0 aromatic heterocycles. The molecule has 1 N–H and O–H groups in total. The van der Waals surface area contributed by atoms with Gasteiger partial charge in [0.25, 0.3) is 0 Å². The Morgan fingerprint density at radius 3 is 2.38 bits per heavy atom. The van der Waals surface area contributed by atoms with Crippen molar-refractivity contribution in [1.29, 1.82) is 0 Å². The van der Waals surface area contributed by atoms with Gasteiger partial charge in [0.1, 0.15) is 0 Å². The van der Waals surface area contributed by atoms with E-state index in [1.807, 2.05) is 13.8 Å². The zero-order chi connectivity index (χ0) is 12.0. The van der Waals surface area contributed by atoms with Crippen LogP contribution in [0, 0.1) is 5.92 Å². The van der Waals surface area contributed by atoms with Crippen LogP contribution in [0.3, 0.4) is 0 Å². The Balaban J connectivity index is 2.56. The Kier molecular flexibility index (Phi) is 5.76. The van der Waals surface area contributed by atoms with Crippen LogP contribution in [-0.4, -0.2) is 32.5 Å². The van der Waals surface area contributed by atoms with Crippen LogP contribution in [0.4, 0.5) is 0 Å². The van der Waals surface area contributed by atoms with Gasteiger partial charge in [-0.05, 0) is 31.7 Å². The first-order valence-corrected chi connectivity index (χ1v) is 8.35. The molecular formula is C12H25NO2S. The highest BCUT2D eigenvalue weighted by molar-refractivity contribution is 7.91. The molecule has 0 heterocycles. The van der Waals surface area contributed by atoms with Crippen molar-refractivity contribution < 1.29 is 8.42 Å². The molecule has 0 amide bonds. The average Bonchev–Trinajstić information content (AvgIpc) is 2.69. The lowest BCUT2D eigenvalue weighted by molar-refractivity contribution is 0.388. The fraction of sp³-hybridized carbons (Fsp3) is 1.00. The second kappa shape index (κ2) is 6.60. The largest absolute Gasteiger partial charge is 0.313 e. The predicted molar refractivity (Wildman–Crippen MR) is 68.4 cm³/mol. The maximum atomic E-state index is 11.8. The quantitative estimate of drug-likeness (QED) is 0.748. The lowest BCUT2D eigenvalue weighted by Gasteiger charge is -2.24. The second-order valence-electron chi connectivity index (χ2n) is 4.82. The number of hydrogen-bond acceptors (Lipinski definition) is 3. The van der Waals surface area contributed by atoms with Crippen molar-refractivity contribution in [2.24, 2.45) is 5.92 Å². The highest BCUT2D eigenvalue weighted by atomic mass is 32.2. The minimum absolute atomic E-state index is 0.184. The Bertz CT molecular complexity index is 281. The van der Waals surface area contributed by atoms with Gasteiger partial charge in [0, 0.05) is 11.8 Å². The van der Waals surface area contributed by atoms with Crippen LogP contribution >= 0.6 is 0 Å². The third-order valence-corrected chi connectivity index (χ3v) is 5.28. The van der Waals surface area contributed by atoms with Crippen molar-refractivity contribution in [2.75, 3.05) is 18.1 Å². The first-order valence-electron chi connectivity index (χ1n) is 6.53. The summed E-state index contributed by atoms with van der Waals surface area (Å²) in [7, 11) is -2.85. The van der Waals surface area contributed by atoms with E-state index >= 15 is 0 Å². The van der Waals surface area contributed by atoms with E-state index in [1.165, 1.54) is 25.7 Å². The summed E-state index contributed by atoms with van der Waals surface area (Å²) in [6, 6.07) is 0.184. The summed E-state index contributed by atoms with van der Waals surface area (Å²) in [5.41, 5.74) is 0. The number of sulfone groups is 1. The average molecular weight is 247 g/mol. The molecule has 1 saturated carbocycles. The normalized spacial score (nSPS) is 20.1. The highest BCUT2D eigenvalue weighted by Crippen LogP contribution is 2.28. The first-order chi connectivity index (χ1) is 7.59. The van der Waals surface area contributed by atoms with Gasteiger partial charge in [-0.15, -0.1) is 0 Å². The molecule has 0 bridgehead atoms. The topological polar surface area (TPSA) is 46.2 Å². The van der Waals surface area contributed by atoms with Gasteiger partial charge in [0.2, 0.25) is 0 Å². The summed E-state index contributed by atoms with van der Waals surface area (Å²) >= 11 is 0. The smallest absolute Gasteiger partial charge is 0.151 e. The maximum absolute atomic E-state index is 11.8. The lowest BCUT2D eigenvalue weighted by atomic mass is 10.00. The van der Waals surface area contributed by atoms with E-state index in [2.05, 4.69) is 5.32 Å². The van der Waals surface area contributed by atoms with Crippen molar-refractivity contribution in [1.82, 2.24) is 5.32 Å². The van der Waals surface area contributed by atoms with Crippen LogP contribution < -0.4 is 5.32 Å². The van der Waals surface area contributed by atoms with Gasteiger partial charge < -0.3 is 5.32 Å². The van der Waals surface area contributed by atoms with Gasteiger partial charge in [-0.1, -0.05) is 26.7 Å². The highest BCUT2D eigenvalue weighted by Gasteiger charge is 2.28. The molecule has 0 aromatic rings. The molecule has 3 nitrogen and oxygen atoms in total. The monoisotopic (exact) mass is 247 g/mol. The molecule has 1 aliphatic carbocycles. The van der Waals surface area contributed by atoms with Crippen LogP contribution in [0.25, 0.3) is 0 Å². The van der Waals surface area contributed by atoms with Crippen LogP contribution in [0.5, 0.6) is 0 Å². The molecule has 0 aromatic carbocycles. The Labute approximate surface area is 99.9 Å². The molecule has 0 radical (unpaired) electrons. The van der Waals surface area contributed by atoms with E-state index < -0.39 is 9.84 Å². The van der Waals surface area contributed by atoms with Crippen LogP contribution in [0.1, 0.15) is 46.0 Å². The maximum Gasteiger partial charge on any atom is 0.151 e. The first kappa shape index (κ1) is 14.0. The van der Waals surface area contributed by atoms with Gasteiger partial charge in [-0.2, -0.15) is 0 Å². The summed E-state index contributed by atoms with van der Waals surface area (Å²) in [4.78, 5) is 0. The van der Waals surface area contributed by atoms with E-state index in [-0.39, 0.29) is 6.04 Å². The van der Waals surface area contributed by atoms with E-state index in [9.17, 15) is 8.42 Å². The standard InChI is InChI=1S/C12H25NO2S/c1-3-9-16(14,15)10-12(13-4-2)11-7-5-6-8-11/h11-13H,3-10H2,1-2H3. The SMILES string of the molecule is CCCS(=O)(=O)CC(NCC)C1CCCC1. The van der Waals surface area contributed by atoms with Gasteiger partial charge in [-0.3, -0.25) is 0 Å². The number of hydrogen-bond donors (Lipinski definition) is 1. The summed E-state index contributed by atoms with van der Waals surface area (Å²) in [6.45, 7) is 4.84. The number of rotatable bonds is 7.